The molecule has 0 spiro atoms. The molecular formula is C12H16N2O5S. The summed E-state index contributed by atoms with van der Waals surface area (Å²) in [6, 6.07) is 4.02. The molecule has 110 valence electrons. The summed E-state index contributed by atoms with van der Waals surface area (Å²) in [4.78, 5) is 10.5. The number of nitro benzene ring substituents is 1. The lowest BCUT2D eigenvalue weighted by molar-refractivity contribution is -0.384. The Bertz CT molecular complexity index is 608. The normalized spacial score (nSPS) is 16.9. The average molecular weight is 300 g/mol. The molecule has 0 aliphatic carbocycles. The highest BCUT2D eigenvalue weighted by atomic mass is 32.2. The number of nitro groups is 1. The van der Waals surface area contributed by atoms with Gasteiger partial charge in [0.2, 0.25) is 0 Å². The van der Waals surface area contributed by atoms with E-state index in [-0.39, 0.29) is 16.6 Å². The van der Waals surface area contributed by atoms with Crippen molar-refractivity contribution in [3.63, 3.8) is 0 Å². The van der Waals surface area contributed by atoms with Gasteiger partial charge in [-0.05, 0) is 25.0 Å². The van der Waals surface area contributed by atoms with Gasteiger partial charge in [0, 0.05) is 31.6 Å². The second-order valence-corrected chi connectivity index (χ2v) is 6.75. The van der Waals surface area contributed by atoms with Crippen molar-refractivity contribution in [1.29, 1.82) is 0 Å². The molecule has 0 atom stereocenters. The molecule has 1 heterocycles. The molecular weight excluding hydrogens is 284 g/mol. The van der Waals surface area contributed by atoms with Gasteiger partial charge in [0.25, 0.3) is 5.69 Å². The van der Waals surface area contributed by atoms with Crippen molar-refractivity contribution in [3.05, 3.63) is 28.3 Å². The smallest absolute Gasteiger partial charge is 0.293 e. The summed E-state index contributed by atoms with van der Waals surface area (Å²) >= 11 is 0. The number of sulfone groups is 1. The maximum absolute atomic E-state index is 11.4. The van der Waals surface area contributed by atoms with Crippen LogP contribution < -0.4 is 5.32 Å². The van der Waals surface area contributed by atoms with Gasteiger partial charge in [-0.2, -0.15) is 0 Å². The minimum atomic E-state index is -3.46. The molecule has 0 aromatic heterocycles. The molecule has 8 heteroatoms. The van der Waals surface area contributed by atoms with Crippen LogP contribution in [-0.2, 0) is 14.6 Å². The molecule has 0 radical (unpaired) electrons. The van der Waals surface area contributed by atoms with E-state index < -0.39 is 14.8 Å². The predicted octanol–water partition coefficient (Wildman–Crippen LogP) is 1.59. The lowest BCUT2D eigenvalue weighted by atomic mass is 10.1. The van der Waals surface area contributed by atoms with Crippen molar-refractivity contribution in [2.75, 3.05) is 24.8 Å². The number of benzene rings is 1. The Morgan fingerprint density at radius 2 is 2.00 bits per heavy atom. The SMILES string of the molecule is CS(=O)(=O)c1ccc(NC2CCOCC2)c([N+](=O)[O-])c1. The van der Waals surface area contributed by atoms with Crippen molar-refractivity contribution in [3.8, 4) is 0 Å². The van der Waals surface area contributed by atoms with Gasteiger partial charge in [-0.3, -0.25) is 10.1 Å². The van der Waals surface area contributed by atoms with Crippen LogP contribution in [-0.4, -0.2) is 38.9 Å². The van der Waals surface area contributed by atoms with Crippen molar-refractivity contribution in [2.24, 2.45) is 0 Å². The average Bonchev–Trinajstić information content (AvgIpc) is 2.38. The lowest BCUT2D eigenvalue weighted by Crippen LogP contribution is -2.28. The highest BCUT2D eigenvalue weighted by molar-refractivity contribution is 7.90. The van der Waals surface area contributed by atoms with E-state index in [9.17, 15) is 18.5 Å². The van der Waals surface area contributed by atoms with Crippen molar-refractivity contribution in [2.45, 2.75) is 23.8 Å². The molecule has 0 bridgehead atoms. The second kappa shape index (κ2) is 5.76. The van der Waals surface area contributed by atoms with Gasteiger partial charge in [0.05, 0.1) is 9.82 Å². The molecule has 1 fully saturated rings. The van der Waals surface area contributed by atoms with E-state index in [0.717, 1.165) is 25.2 Å². The number of nitrogens with one attached hydrogen (secondary N) is 1. The Morgan fingerprint density at radius 1 is 1.35 bits per heavy atom. The highest BCUT2D eigenvalue weighted by Crippen LogP contribution is 2.29. The zero-order valence-electron chi connectivity index (χ0n) is 11.0. The fourth-order valence-electron chi connectivity index (χ4n) is 2.08. The highest BCUT2D eigenvalue weighted by Gasteiger charge is 2.21. The molecule has 2 rings (SSSR count). The van der Waals surface area contributed by atoms with Crippen molar-refractivity contribution < 1.29 is 18.1 Å². The minimum Gasteiger partial charge on any atom is -0.381 e. The summed E-state index contributed by atoms with van der Waals surface area (Å²) in [6.07, 6.45) is 2.56. The third-order valence-corrected chi connectivity index (χ3v) is 4.29. The fourth-order valence-corrected chi connectivity index (χ4v) is 2.72. The van der Waals surface area contributed by atoms with E-state index in [4.69, 9.17) is 4.74 Å². The molecule has 1 saturated heterocycles. The maximum Gasteiger partial charge on any atom is 0.293 e. The number of hydrogen-bond donors (Lipinski definition) is 1. The van der Waals surface area contributed by atoms with Crippen LogP contribution in [0.2, 0.25) is 0 Å². The molecule has 1 aromatic rings. The van der Waals surface area contributed by atoms with Crippen molar-refractivity contribution in [1.82, 2.24) is 0 Å². The fraction of sp³-hybridized carbons (Fsp3) is 0.500. The van der Waals surface area contributed by atoms with E-state index >= 15 is 0 Å². The maximum atomic E-state index is 11.4. The van der Waals surface area contributed by atoms with E-state index in [1.165, 1.54) is 12.1 Å². The first kappa shape index (κ1) is 14.7. The van der Waals surface area contributed by atoms with E-state index in [0.29, 0.717) is 18.9 Å². The molecule has 1 aromatic carbocycles. The van der Waals surface area contributed by atoms with Crippen LogP contribution in [0.3, 0.4) is 0 Å². The van der Waals surface area contributed by atoms with Crippen LogP contribution in [0.15, 0.2) is 23.1 Å². The summed E-state index contributed by atoms with van der Waals surface area (Å²) in [5, 5.41) is 14.2. The van der Waals surface area contributed by atoms with Gasteiger partial charge in [0.15, 0.2) is 9.84 Å². The number of nitrogens with zero attached hydrogens (tertiary/aromatic N) is 1. The molecule has 0 amide bonds. The Kier molecular flexibility index (Phi) is 4.24. The number of ether oxygens (including phenoxy) is 1. The second-order valence-electron chi connectivity index (χ2n) is 4.74. The predicted molar refractivity (Wildman–Crippen MR) is 73.7 cm³/mol. The van der Waals surface area contributed by atoms with E-state index in [1.54, 1.807) is 0 Å². The molecule has 0 unspecified atom stereocenters. The molecule has 20 heavy (non-hydrogen) atoms. The quantitative estimate of drug-likeness (QED) is 0.669. The zero-order chi connectivity index (χ0) is 14.8. The number of rotatable bonds is 4. The molecule has 1 aliphatic rings. The monoisotopic (exact) mass is 300 g/mol. The first-order valence-electron chi connectivity index (χ1n) is 6.21. The molecule has 0 saturated carbocycles. The summed E-state index contributed by atoms with van der Waals surface area (Å²) < 4.78 is 28.1. The Hall–Kier alpha value is -1.67. The molecule has 7 nitrogen and oxygen atoms in total. The van der Waals surface area contributed by atoms with Gasteiger partial charge < -0.3 is 10.1 Å². The molecule has 1 aliphatic heterocycles. The summed E-state index contributed by atoms with van der Waals surface area (Å²) in [7, 11) is -3.46. The largest absolute Gasteiger partial charge is 0.381 e. The lowest BCUT2D eigenvalue weighted by Gasteiger charge is -2.24. The van der Waals surface area contributed by atoms with Crippen LogP contribution in [0, 0.1) is 10.1 Å². The molecule has 1 N–H and O–H groups in total. The van der Waals surface area contributed by atoms with E-state index in [1.807, 2.05) is 0 Å². The van der Waals surface area contributed by atoms with Crippen LogP contribution in [0.1, 0.15) is 12.8 Å². The first-order chi connectivity index (χ1) is 9.38. The Labute approximate surface area is 117 Å². The third kappa shape index (κ3) is 3.45. The topological polar surface area (TPSA) is 98.5 Å². The van der Waals surface area contributed by atoms with E-state index in [2.05, 4.69) is 5.32 Å². The third-order valence-electron chi connectivity index (χ3n) is 3.17. The van der Waals surface area contributed by atoms with Gasteiger partial charge in [0.1, 0.15) is 5.69 Å². The van der Waals surface area contributed by atoms with Crippen molar-refractivity contribution >= 4 is 21.2 Å². The zero-order valence-corrected chi connectivity index (χ0v) is 11.9. The van der Waals surface area contributed by atoms with Gasteiger partial charge in [-0.25, -0.2) is 8.42 Å². The standard InChI is InChI=1S/C12H16N2O5S/c1-20(17,18)10-2-3-11(12(8-10)14(15)16)13-9-4-6-19-7-5-9/h2-3,8-9,13H,4-7H2,1H3. The van der Waals surface area contributed by atoms with Gasteiger partial charge in [-0.15, -0.1) is 0 Å². The number of anilines is 1. The summed E-state index contributed by atoms with van der Waals surface area (Å²) in [6.45, 7) is 1.24. The summed E-state index contributed by atoms with van der Waals surface area (Å²) in [5.74, 6) is 0. The Balaban J connectivity index is 2.30. The van der Waals surface area contributed by atoms with Gasteiger partial charge in [-0.1, -0.05) is 0 Å². The van der Waals surface area contributed by atoms with Crippen LogP contribution >= 0.6 is 0 Å². The van der Waals surface area contributed by atoms with Crippen LogP contribution in [0.4, 0.5) is 11.4 Å². The summed E-state index contributed by atoms with van der Waals surface area (Å²) in [5.41, 5.74) is 0.119. The van der Waals surface area contributed by atoms with Crippen LogP contribution in [0.25, 0.3) is 0 Å². The number of hydrogen-bond acceptors (Lipinski definition) is 6. The first-order valence-corrected chi connectivity index (χ1v) is 8.10. The minimum absolute atomic E-state index is 0.0540. The Morgan fingerprint density at radius 3 is 2.55 bits per heavy atom. The van der Waals surface area contributed by atoms with Crippen LogP contribution in [0.5, 0.6) is 0 Å². The van der Waals surface area contributed by atoms with Gasteiger partial charge >= 0.3 is 0 Å².